The average Bonchev–Trinajstić information content (AvgIpc) is 2.88. The van der Waals surface area contributed by atoms with E-state index in [-0.39, 0.29) is 23.6 Å². The van der Waals surface area contributed by atoms with Gasteiger partial charge in [0.15, 0.2) is 11.9 Å². The number of amides is 2. The Hall–Kier alpha value is -2.83. The van der Waals surface area contributed by atoms with Gasteiger partial charge in [-0.15, -0.1) is 0 Å². The molecule has 1 unspecified atom stereocenters. The van der Waals surface area contributed by atoms with E-state index < -0.39 is 6.04 Å². The molecule has 0 bridgehead atoms. The lowest BCUT2D eigenvalue weighted by atomic mass is 10.2. The van der Waals surface area contributed by atoms with Gasteiger partial charge in [-0.1, -0.05) is 18.2 Å². The highest BCUT2D eigenvalue weighted by molar-refractivity contribution is 6.24. The zero-order valence-electron chi connectivity index (χ0n) is 9.70. The van der Waals surface area contributed by atoms with Gasteiger partial charge in [0.25, 0.3) is 11.8 Å². The summed E-state index contributed by atoms with van der Waals surface area (Å²) < 4.78 is 0. The number of nitrogens with zero attached hydrogens (tertiary/aromatic N) is 3. The van der Waals surface area contributed by atoms with Crippen molar-refractivity contribution in [3.05, 3.63) is 35.9 Å². The number of rotatable bonds is 1. The van der Waals surface area contributed by atoms with Crippen LogP contribution in [0.5, 0.6) is 0 Å². The number of hydrogen-bond donors (Lipinski definition) is 2. The van der Waals surface area contributed by atoms with Crippen molar-refractivity contribution in [2.75, 3.05) is 0 Å². The van der Waals surface area contributed by atoms with E-state index in [2.05, 4.69) is 25.6 Å². The van der Waals surface area contributed by atoms with Gasteiger partial charge in [0.2, 0.25) is 5.96 Å². The molecule has 1 atom stereocenters. The van der Waals surface area contributed by atoms with Crippen LogP contribution in [-0.2, 0) is 4.79 Å². The Morgan fingerprint density at radius 2 is 2.05 bits per heavy atom. The molecule has 1 aromatic carbocycles. The Balaban J connectivity index is 1.78. The van der Waals surface area contributed by atoms with Gasteiger partial charge >= 0.3 is 0 Å². The number of amidine groups is 1. The van der Waals surface area contributed by atoms with Gasteiger partial charge in [0.05, 0.1) is 0 Å². The fraction of sp³-hybridized carbons (Fsp3) is 0.0833. The third-order valence-electron chi connectivity index (χ3n) is 2.63. The van der Waals surface area contributed by atoms with Crippen molar-refractivity contribution in [2.24, 2.45) is 15.0 Å². The molecule has 3 rings (SSSR count). The van der Waals surface area contributed by atoms with Gasteiger partial charge in [0, 0.05) is 5.56 Å². The number of hydrogen-bond acceptors (Lipinski definition) is 5. The van der Waals surface area contributed by atoms with Crippen LogP contribution in [0.15, 0.2) is 45.3 Å². The lowest BCUT2D eigenvalue weighted by Gasteiger charge is -2.17. The second-order valence-corrected chi connectivity index (χ2v) is 3.92. The number of carbonyl (C=O) groups excluding carboxylic acids is 2. The Morgan fingerprint density at radius 3 is 2.84 bits per heavy atom. The first-order valence-electron chi connectivity index (χ1n) is 5.59. The third-order valence-corrected chi connectivity index (χ3v) is 2.63. The van der Waals surface area contributed by atoms with Gasteiger partial charge in [-0.2, -0.15) is 4.99 Å². The molecule has 19 heavy (non-hydrogen) atoms. The summed E-state index contributed by atoms with van der Waals surface area (Å²) in [6, 6.07) is 7.95. The van der Waals surface area contributed by atoms with Crippen molar-refractivity contribution in [2.45, 2.75) is 6.04 Å². The maximum absolute atomic E-state index is 11.9. The van der Waals surface area contributed by atoms with Crippen LogP contribution in [-0.4, -0.2) is 36.0 Å². The van der Waals surface area contributed by atoms with Crippen LogP contribution in [0.2, 0.25) is 0 Å². The molecule has 7 nitrogen and oxygen atoms in total. The summed E-state index contributed by atoms with van der Waals surface area (Å²) in [4.78, 5) is 35.3. The molecule has 2 aliphatic rings. The van der Waals surface area contributed by atoms with Crippen molar-refractivity contribution in [3.63, 3.8) is 0 Å². The minimum absolute atomic E-state index is 0.0688. The highest BCUT2D eigenvalue weighted by Gasteiger charge is 2.32. The molecule has 0 fully saturated rings. The van der Waals surface area contributed by atoms with Gasteiger partial charge in [0.1, 0.15) is 6.34 Å². The molecule has 94 valence electrons. The molecule has 2 aliphatic heterocycles. The molecule has 2 N–H and O–H groups in total. The quantitative estimate of drug-likeness (QED) is 0.721. The number of guanidine groups is 1. The minimum atomic E-state index is -0.697. The zero-order chi connectivity index (χ0) is 13.2. The van der Waals surface area contributed by atoms with Crippen LogP contribution in [0.4, 0.5) is 0 Å². The van der Waals surface area contributed by atoms with Crippen LogP contribution < -0.4 is 10.6 Å². The van der Waals surface area contributed by atoms with Gasteiger partial charge in [-0.05, 0) is 12.1 Å². The second-order valence-electron chi connectivity index (χ2n) is 3.92. The summed E-state index contributed by atoms with van der Waals surface area (Å²) in [6.07, 6.45) is 1.28. The highest BCUT2D eigenvalue weighted by Crippen LogP contribution is 2.07. The molecule has 0 spiro atoms. The van der Waals surface area contributed by atoms with Crippen LogP contribution in [0.1, 0.15) is 10.4 Å². The van der Waals surface area contributed by atoms with E-state index in [1.165, 1.54) is 6.34 Å². The van der Waals surface area contributed by atoms with E-state index >= 15 is 0 Å². The fourth-order valence-corrected chi connectivity index (χ4v) is 1.73. The van der Waals surface area contributed by atoms with Crippen molar-refractivity contribution < 1.29 is 9.59 Å². The Morgan fingerprint density at radius 1 is 1.26 bits per heavy atom. The zero-order valence-corrected chi connectivity index (χ0v) is 9.70. The molecule has 0 aromatic heterocycles. The van der Waals surface area contributed by atoms with E-state index in [9.17, 15) is 9.59 Å². The van der Waals surface area contributed by atoms with E-state index in [4.69, 9.17) is 0 Å². The lowest BCUT2D eigenvalue weighted by molar-refractivity contribution is -0.119. The first-order chi connectivity index (χ1) is 9.24. The van der Waals surface area contributed by atoms with E-state index in [0.717, 1.165) is 0 Å². The standard InChI is InChI=1S/C12H9N5O2/c18-10(7-4-2-1-3-5-7)16-12-15-9-8(11(19)17-12)13-6-14-9/h1-6,8H,(H2,13,14,15,16,17,18,19). The SMILES string of the molecule is O=C(NC1=NC2=NC=NC2C(=O)N1)c1ccccc1. The van der Waals surface area contributed by atoms with Crippen molar-refractivity contribution in [3.8, 4) is 0 Å². The predicted molar refractivity (Wildman–Crippen MR) is 69.2 cm³/mol. The topological polar surface area (TPSA) is 95.3 Å². The molecule has 0 radical (unpaired) electrons. The summed E-state index contributed by atoms with van der Waals surface area (Å²) >= 11 is 0. The summed E-state index contributed by atoms with van der Waals surface area (Å²) in [6.45, 7) is 0. The summed E-state index contributed by atoms with van der Waals surface area (Å²) in [7, 11) is 0. The van der Waals surface area contributed by atoms with Crippen LogP contribution >= 0.6 is 0 Å². The molecule has 0 aliphatic carbocycles. The van der Waals surface area contributed by atoms with Gasteiger partial charge in [-0.3, -0.25) is 25.2 Å². The largest absolute Gasteiger partial charge is 0.294 e. The summed E-state index contributed by atoms with van der Waals surface area (Å²) in [5.41, 5.74) is 0.478. The molecular weight excluding hydrogens is 246 g/mol. The second kappa shape index (κ2) is 4.45. The molecule has 1 aromatic rings. The van der Waals surface area contributed by atoms with Crippen molar-refractivity contribution in [1.29, 1.82) is 0 Å². The third kappa shape index (κ3) is 2.13. The number of benzene rings is 1. The van der Waals surface area contributed by atoms with Gasteiger partial charge in [-0.25, -0.2) is 4.99 Å². The minimum Gasteiger partial charge on any atom is -0.294 e. The Kier molecular flexibility index (Phi) is 2.64. The predicted octanol–water partition coefficient (Wildman–Crippen LogP) is -0.289. The van der Waals surface area contributed by atoms with E-state index in [1.54, 1.807) is 24.3 Å². The van der Waals surface area contributed by atoms with Crippen molar-refractivity contribution >= 4 is 29.9 Å². The molecule has 2 heterocycles. The van der Waals surface area contributed by atoms with Crippen LogP contribution in [0, 0.1) is 0 Å². The summed E-state index contributed by atoms with van der Waals surface area (Å²) in [5.74, 6) is -0.352. The normalized spacial score (nSPS) is 20.2. The maximum Gasteiger partial charge on any atom is 0.259 e. The number of carbonyl (C=O) groups is 2. The maximum atomic E-state index is 11.9. The van der Waals surface area contributed by atoms with Gasteiger partial charge < -0.3 is 0 Å². The van der Waals surface area contributed by atoms with E-state index in [0.29, 0.717) is 5.56 Å². The average molecular weight is 255 g/mol. The first kappa shape index (κ1) is 11.3. The van der Waals surface area contributed by atoms with E-state index in [1.807, 2.05) is 6.07 Å². The van der Waals surface area contributed by atoms with Crippen molar-refractivity contribution in [1.82, 2.24) is 10.6 Å². The summed E-state index contributed by atoms with van der Waals surface area (Å²) in [5, 5.41) is 4.99. The molecule has 2 amide bonds. The molecule has 0 saturated heterocycles. The number of fused-ring (bicyclic) bond motifs is 1. The molecule has 7 heteroatoms. The molecule has 0 saturated carbocycles. The fourth-order valence-electron chi connectivity index (χ4n) is 1.73. The first-order valence-corrected chi connectivity index (χ1v) is 5.59. The monoisotopic (exact) mass is 255 g/mol. The molecular formula is C12H9N5O2. The Labute approximate surface area is 108 Å². The van der Waals surface area contributed by atoms with Crippen LogP contribution in [0.3, 0.4) is 0 Å². The smallest absolute Gasteiger partial charge is 0.259 e. The Bertz CT molecular complexity index is 633. The lowest BCUT2D eigenvalue weighted by Crippen LogP contribution is -2.52. The van der Waals surface area contributed by atoms with Crippen LogP contribution in [0.25, 0.3) is 0 Å². The number of nitrogens with one attached hydrogen (secondary N) is 2. The number of aliphatic imine (C=N–C) groups is 3. The highest BCUT2D eigenvalue weighted by atomic mass is 16.2.